The minimum absolute atomic E-state index is 0.681. The summed E-state index contributed by atoms with van der Waals surface area (Å²) < 4.78 is 0. The van der Waals surface area contributed by atoms with Crippen LogP contribution in [0.25, 0.3) is 297 Å². The Balaban J connectivity index is 0.000000108. The maximum atomic E-state index is 5.58. The van der Waals surface area contributed by atoms with E-state index in [0.29, 0.717) is 17.5 Å². The van der Waals surface area contributed by atoms with Gasteiger partial charge in [-0.05, 0) is 146 Å². The Hall–Kier alpha value is -20.1. The first kappa shape index (κ1) is 87.6. The molecular formula is C141H87N9. The molecule has 696 valence electrons. The quantitative estimate of drug-likeness (QED) is 0.0871. The summed E-state index contributed by atoms with van der Waals surface area (Å²) >= 11 is 0. The zero-order valence-corrected chi connectivity index (χ0v) is 81.3. The third kappa shape index (κ3) is 15.7. The van der Waals surface area contributed by atoms with E-state index in [2.05, 4.69) is 419 Å². The van der Waals surface area contributed by atoms with Crippen molar-refractivity contribution in [3.05, 3.63) is 528 Å². The van der Waals surface area contributed by atoms with Gasteiger partial charge in [-0.3, -0.25) is 0 Å². The predicted octanol–water partition coefficient (Wildman–Crippen LogP) is 36.9. The topological polar surface area (TPSA) is 116 Å². The molecule has 6 aromatic heterocycles. The van der Waals surface area contributed by atoms with Crippen molar-refractivity contribution >= 4 is 162 Å². The lowest BCUT2D eigenvalue weighted by Crippen LogP contribution is -1.97. The molecule has 0 saturated heterocycles. The summed E-state index contributed by atoms with van der Waals surface area (Å²) in [4.78, 5) is 47.2. The molecule has 0 fully saturated rings. The second kappa shape index (κ2) is 37.2. The summed E-state index contributed by atoms with van der Waals surface area (Å²) in [6.07, 6.45) is 0. The van der Waals surface area contributed by atoms with Crippen molar-refractivity contribution in [2.75, 3.05) is 0 Å². The lowest BCUT2D eigenvalue weighted by molar-refractivity contribution is 1.18. The maximum Gasteiger partial charge on any atom is 0.160 e. The molecule has 0 amide bonds. The van der Waals surface area contributed by atoms with E-state index >= 15 is 0 Å². The SMILES string of the molecule is c1ccc(-c2cc(-c3ccccc3)nc(-c3ccc(-c4nc5c6ccccc6c6cc7ccccc7cc6c5c5ccccc45)cc3)n2)cc1.c1ccc(-c2cc(-c3ccccc3)nc(-c3cccc(-c4nc5c6ccccc6c6cc7ccccc7cc6c5c5ccccc45)c3)n2)cc1.c1ccc(-c2cc(-c3ccccc3)nc(-c3cccc(-c4nc5c6ccccc6c6ccc7ccccc7c6c5c5ccccc45)c3)n2)cc1. The predicted molar refractivity (Wildman–Crippen MR) is 627 cm³/mol. The average molecular weight is 1910 g/mol. The zero-order chi connectivity index (χ0) is 99.1. The third-order valence-electron chi connectivity index (χ3n) is 29.4. The maximum absolute atomic E-state index is 5.58. The Morgan fingerprint density at radius 1 is 0.100 bits per heavy atom. The number of aromatic nitrogens is 9. The first-order chi connectivity index (χ1) is 74.4. The Labute approximate surface area is 863 Å². The third-order valence-corrected chi connectivity index (χ3v) is 29.4. The van der Waals surface area contributed by atoms with Crippen molar-refractivity contribution in [2.45, 2.75) is 0 Å². The molecule has 9 heteroatoms. The Morgan fingerprint density at radius 2 is 0.333 bits per heavy atom. The normalized spacial score (nSPS) is 11.6. The van der Waals surface area contributed by atoms with Crippen LogP contribution in [0.1, 0.15) is 0 Å². The van der Waals surface area contributed by atoms with Crippen LogP contribution in [0.5, 0.6) is 0 Å². The molecule has 0 unspecified atom stereocenters. The van der Waals surface area contributed by atoms with Crippen molar-refractivity contribution in [2.24, 2.45) is 0 Å². The van der Waals surface area contributed by atoms with E-state index in [0.717, 1.165) is 167 Å². The molecule has 0 bridgehead atoms. The largest absolute Gasteiger partial charge is 0.246 e. The molecule has 0 aliphatic rings. The molecule has 0 saturated carbocycles. The minimum Gasteiger partial charge on any atom is -0.246 e. The van der Waals surface area contributed by atoms with E-state index in [9.17, 15) is 0 Å². The summed E-state index contributed by atoms with van der Waals surface area (Å²) in [7, 11) is 0. The minimum atomic E-state index is 0.681. The molecule has 30 aromatic rings. The number of pyridine rings is 3. The summed E-state index contributed by atoms with van der Waals surface area (Å²) in [6, 6.07) is 186. The molecule has 0 aliphatic heterocycles. The van der Waals surface area contributed by atoms with Crippen molar-refractivity contribution < 1.29 is 0 Å². The number of benzene rings is 24. The van der Waals surface area contributed by atoms with Gasteiger partial charge >= 0.3 is 0 Å². The number of hydrogen-bond donors (Lipinski definition) is 0. The molecule has 6 heterocycles. The van der Waals surface area contributed by atoms with E-state index < -0.39 is 0 Å². The van der Waals surface area contributed by atoms with Crippen LogP contribution in [0.15, 0.2) is 528 Å². The highest BCUT2D eigenvalue weighted by molar-refractivity contribution is 6.38. The Bertz CT molecular complexity index is 10400. The van der Waals surface area contributed by atoms with Gasteiger partial charge in [0.1, 0.15) is 0 Å². The Morgan fingerprint density at radius 3 is 0.680 bits per heavy atom. The van der Waals surface area contributed by atoms with Gasteiger partial charge in [0.15, 0.2) is 17.5 Å². The number of rotatable bonds is 12. The van der Waals surface area contributed by atoms with Crippen molar-refractivity contribution in [1.82, 2.24) is 44.9 Å². The monoisotopic (exact) mass is 1910 g/mol. The van der Waals surface area contributed by atoms with Crippen LogP contribution in [0.2, 0.25) is 0 Å². The molecule has 0 aliphatic carbocycles. The highest BCUT2D eigenvalue weighted by Crippen LogP contribution is 2.49. The highest BCUT2D eigenvalue weighted by atomic mass is 14.9. The standard InChI is InChI=1S/3C47H29N3/c1-3-15-31(16-4-1)41-29-42(32-17-5-2-6-18-32)49-47(48-41)34-20-13-19-33(28-34)45-40-25-12-10-23-37(40)44-43-35-21-8-7-14-30(35)26-27-38(43)36-22-9-11-24-39(36)46(44)50-45;1-3-14-30(15-4-1)42-29-43(31-16-5-2-6-17-31)49-47(48-42)35-21-13-20-34(26-35)45-39-25-12-10-23-37(39)44-41-28-33-19-8-7-18-32(33)27-40(41)36-22-9-11-24-38(36)46(44)50-45;1-3-13-30(14-4-1)42-29-43(31-15-5-2-6-16-31)49-47(48-42)33-25-23-32(24-26-33)45-39-22-12-10-20-37(39)44-41-28-35-18-8-7-17-34(35)27-40(41)36-19-9-11-21-38(36)46(44)50-45/h3*1-29H. The molecule has 0 atom stereocenters. The van der Waals surface area contributed by atoms with E-state index in [1.54, 1.807) is 0 Å². The summed E-state index contributed by atoms with van der Waals surface area (Å²) in [5, 5.41) is 32.5. The fraction of sp³-hybridized carbons (Fsp3) is 0. The van der Waals surface area contributed by atoms with E-state index in [1.165, 1.54) is 113 Å². The summed E-state index contributed by atoms with van der Waals surface area (Å²) in [6.45, 7) is 0. The highest BCUT2D eigenvalue weighted by Gasteiger charge is 2.26. The van der Waals surface area contributed by atoms with Crippen LogP contribution in [0, 0.1) is 0 Å². The molecule has 0 spiro atoms. The number of nitrogens with zero attached hydrogens (tertiary/aromatic N) is 9. The van der Waals surface area contributed by atoms with Crippen LogP contribution < -0.4 is 0 Å². The van der Waals surface area contributed by atoms with E-state index in [-0.39, 0.29) is 0 Å². The van der Waals surface area contributed by atoms with Crippen molar-refractivity contribution in [3.63, 3.8) is 0 Å². The van der Waals surface area contributed by atoms with Crippen LogP contribution in [-0.4, -0.2) is 44.9 Å². The van der Waals surface area contributed by atoms with Gasteiger partial charge in [-0.15, -0.1) is 0 Å². The molecule has 0 radical (unpaired) electrons. The number of hydrogen-bond acceptors (Lipinski definition) is 9. The smallest absolute Gasteiger partial charge is 0.160 e. The van der Waals surface area contributed by atoms with Gasteiger partial charge in [-0.1, -0.05) is 473 Å². The molecule has 150 heavy (non-hydrogen) atoms. The molecule has 0 N–H and O–H groups in total. The molecular weight excluding hydrogens is 1820 g/mol. The van der Waals surface area contributed by atoms with E-state index in [1.807, 2.05) is 109 Å². The molecule has 30 rings (SSSR count). The zero-order valence-electron chi connectivity index (χ0n) is 81.3. The lowest BCUT2D eigenvalue weighted by Gasteiger charge is -2.17. The first-order valence-corrected chi connectivity index (χ1v) is 50.9. The average Bonchev–Trinajstić information content (AvgIpc) is 0.716. The van der Waals surface area contributed by atoms with Gasteiger partial charge in [0.25, 0.3) is 0 Å². The molecule has 9 nitrogen and oxygen atoms in total. The van der Waals surface area contributed by atoms with Crippen molar-refractivity contribution in [1.29, 1.82) is 0 Å². The van der Waals surface area contributed by atoms with Crippen LogP contribution in [0.4, 0.5) is 0 Å². The van der Waals surface area contributed by atoms with Gasteiger partial charge < -0.3 is 0 Å². The van der Waals surface area contributed by atoms with Gasteiger partial charge in [0.2, 0.25) is 0 Å². The van der Waals surface area contributed by atoms with Gasteiger partial charge in [-0.2, -0.15) is 0 Å². The van der Waals surface area contributed by atoms with Crippen LogP contribution in [0.3, 0.4) is 0 Å². The fourth-order valence-corrected chi connectivity index (χ4v) is 22.4. The summed E-state index contributed by atoms with van der Waals surface area (Å²) in [5.74, 6) is 2.05. The first-order valence-electron chi connectivity index (χ1n) is 50.9. The van der Waals surface area contributed by atoms with Gasteiger partial charge in [-0.25, -0.2) is 44.9 Å². The van der Waals surface area contributed by atoms with Gasteiger partial charge in [0.05, 0.1) is 67.8 Å². The van der Waals surface area contributed by atoms with Crippen LogP contribution >= 0.6 is 0 Å². The lowest BCUT2D eigenvalue weighted by atomic mass is 9.90. The van der Waals surface area contributed by atoms with E-state index in [4.69, 9.17) is 44.9 Å². The molecule has 24 aromatic carbocycles. The fourth-order valence-electron chi connectivity index (χ4n) is 22.4. The Kier molecular flexibility index (Phi) is 21.8. The second-order valence-electron chi connectivity index (χ2n) is 38.3. The van der Waals surface area contributed by atoms with Crippen molar-refractivity contribution in [3.8, 4) is 135 Å². The number of fused-ring (bicyclic) bond motifs is 28. The summed E-state index contributed by atoms with van der Waals surface area (Å²) in [5.41, 5.74) is 23.5. The van der Waals surface area contributed by atoms with Crippen LogP contribution in [-0.2, 0) is 0 Å². The second-order valence-corrected chi connectivity index (χ2v) is 38.3. The van der Waals surface area contributed by atoms with Gasteiger partial charge in [0, 0.05) is 121 Å².